The van der Waals surface area contributed by atoms with Crippen molar-refractivity contribution >= 4 is 27.5 Å². The summed E-state index contributed by atoms with van der Waals surface area (Å²) in [6.07, 6.45) is 3.85. The van der Waals surface area contributed by atoms with Gasteiger partial charge >= 0.3 is 0 Å². The average Bonchev–Trinajstić information content (AvgIpc) is 2.43. The van der Waals surface area contributed by atoms with Crippen LogP contribution in [-0.4, -0.2) is 5.91 Å². The van der Waals surface area contributed by atoms with Crippen molar-refractivity contribution < 1.29 is 9.18 Å². The van der Waals surface area contributed by atoms with Crippen LogP contribution in [0.1, 0.15) is 32.1 Å². The quantitative estimate of drug-likeness (QED) is 0.893. The number of hydrogen-bond donors (Lipinski definition) is 1. The van der Waals surface area contributed by atoms with E-state index < -0.39 is 17.1 Å². The number of nitriles is 1. The van der Waals surface area contributed by atoms with E-state index in [1.807, 2.05) is 0 Å². The molecule has 0 aromatic heterocycles. The van der Waals surface area contributed by atoms with Crippen LogP contribution in [0.15, 0.2) is 22.7 Å². The molecular formula is C14H14BrFN2O. The number of anilines is 1. The van der Waals surface area contributed by atoms with Crippen LogP contribution in [0.5, 0.6) is 0 Å². The fourth-order valence-corrected chi connectivity index (χ4v) is 2.84. The van der Waals surface area contributed by atoms with Crippen molar-refractivity contribution in [3.8, 4) is 6.07 Å². The molecule has 1 aliphatic carbocycles. The maximum Gasteiger partial charge on any atom is 0.244 e. The van der Waals surface area contributed by atoms with Crippen LogP contribution in [0.2, 0.25) is 0 Å². The molecule has 0 bridgehead atoms. The molecule has 0 unspecified atom stereocenters. The molecule has 1 amide bonds. The SMILES string of the molecule is N#CC1(C(=O)Nc2c(F)cccc2Br)CCCCC1. The zero-order chi connectivity index (χ0) is 13.9. The number of benzene rings is 1. The van der Waals surface area contributed by atoms with Crippen LogP contribution in [-0.2, 0) is 4.79 Å². The van der Waals surface area contributed by atoms with Crippen molar-refractivity contribution in [2.75, 3.05) is 5.32 Å². The number of para-hydroxylation sites is 1. The predicted molar refractivity (Wildman–Crippen MR) is 73.9 cm³/mol. The number of amides is 1. The van der Waals surface area contributed by atoms with E-state index in [2.05, 4.69) is 27.3 Å². The number of rotatable bonds is 2. The maximum atomic E-state index is 13.7. The molecule has 5 heteroatoms. The zero-order valence-corrected chi connectivity index (χ0v) is 12.0. The second-order valence-corrected chi connectivity index (χ2v) is 5.66. The van der Waals surface area contributed by atoms with Crippen LogP contribution in [0.25, 0.3) is 0 Å². The molecule has 0 aliphatic heterocycles. The minimum absolute atomic E-state index is 0.104. The Kier molecular flexibility index (Phi) is 4.20. The Balaban J connectivity index is 2.23. The molecule has 19 heavy (non-hydrogen) atoms. The largest absolute Gasteiger partial charge is 0.321 e. The molecule has 1 N–H and O–H groups in total. The van der Waals surface area contributed by atoms with E-state index in [0.717, 1.165) is 19.3 Å². The Morgan fingerprint density at radius 2 is 2.05 bits per heavy atom. The summed E-state index contributed by atoms with van der Waals surface area (Å²) in [4.78, 5) is 12.3. The first-order valence-corrected chi connectivity index (χ1v) is 7.05. The highest BCUT2D eigenvalue weighted by molar-refractivity contribution is 9.10. The topological polar surface area (TPSA) is 52.9 Å². The molecule has 0 saturated heterocycles. The van der Waals surface area contributed by atoms with E-state index in [9.17, 15) is 14.4 Å². The number of hydrogen-bond acceptors (Lipinski definition) is 2. The summed E-state index contributed by atoms with van der Waals surface area (Å²) >= 11 is 3.20. The van der Waals surface area contributed by atoms with Crippen molar-refractivity contribution in [3.05, 3.63) is 28.5 Å². The first-order chi connectivity index (χ1) is 9.09. The summed E-state index contributed by atoms with van der Waals surface area (Å²) < 4.78 is 14.2. The van der Waals surface area contributed by atoms with Crippen molar-refractivity contribution in [3.63, 3.8) is 0 Å². The van der Waals surface area contributed by atoms with E-state index in [1.165, 1.54) is 6.07 Å². The Labute approximate surface area is 119 Å². The minimum Gasteiger partial charge on any atom is -0.321 e. The second-order valence-electron chi connectivity index (χ2n) is 4.81. The second kappa shape index (κ2) is 5.70. The first kappa shape index (κ1) is 14.0. The van der Waals surface area contributed by atoms with Crippen LogP contribution in [0.3, 0.4) is 0 Å². The van der Waals surface area contributed by atoms with Crippen molar-refractivity contribution in [1.82, 2.24) is 0 Å². The fourth-order valence-electron chi connectivity index (χ4n) is 2.40. The highest BCUT2D eigenvalue weighted by Gasteiger charge is 2.40. The van der Waals surface area contributed by atoms with Crippen LogP contribution in [0.4, 0.5) is 10.1 Å². The molecule has 0 radical (unpaired) electrons. The molecule has 1 saturated carbocycles. The van der Waals surface area contributed by atoms with Gasteiger partial charge < -0.3 is 5.32 Å². The fraction of sp³-hybridized carbons (Fsp3) is 0.429. The van der Waals surface area contributed by atoms with Crippen LogP contribution in [0, 0.1) is 22.6 Å². The molecule has 0 atom stereocenters. The van der Waals surface area contributed by atoms with Gasteiger partial charge in [-0.25, -0.2) is 4.39 Å². The minimum atomic E-state index is -1.01. The number of nitrogens with one attached hydrogen (secondary N) is 1. The number of nitrogens with zero attached hydrogens (tertiary/aromatic N) is 1. The van der Waals surface area contributed by atoms with Crippen molar-refractivity contribution in [1.29, 1.82) is 5.26 Å². The number of carbonyl (C=O) groups is 1. The highest BCUT2D eigenvalue weighted by Crippen LogP contribution is 2.37. The smallest absolute Gasteiger partial charge is 0.244 e. The highest BCUT2D eigenvalue weighted by atomic mass is 79.9. The third-order valence-electron chi connectivity index (χ3n) is 3.56. The lowest BCUT2D eigenvalue weighted by molar-refractivity contribution is -0.124. The standard InChI is InChI=1S/C14H14BrFN2O/c15-10-5-4-6-11(16)12(10)18-13(19)14(9-17)7-2-1-3-8-14/h4-6H,1-3,7-8H2,(H,18,19). The number of halogens is 2. The van der Waals surface area contributed by atoms with E-state index in [0.29, 0.717) is 17.3 Å². The molecule has 0 spiro atoms. The van der Waals surface area contributed by atoms with Gasteiger partial charge in [0.15, 0.2) is 0 Å². The summed E-state index contributed by atoms with van der Waals surface area (Å²) in [5, 5.41) is 11.9. The Hall–Kier alpha value is -1.41. The Morgan fingerprint density at radius 3 is 2.63 bits per heavy atom. The molecule has 1 aromatic carbocycles. The van der Waals surface area contributed by atoms with Gasteiger partial charge in [-0.15, -0.1) is 0 Å². The molecule has 1 aliphatic rings. The normalized spacial score (nSPS) is 17.5. The molecule has 1 aromatic rings. The van der Waals surface area contributed by atoms with Crippen LogP contribution >= 0.6 is 15.9 Å². The molecule has 2 rings (SSSR count). The molecule has 1 fully saturated rings. The summed E-state index contributed by atoms with van der Waals surface area (Å²) in [6, 6.07) is 6.61. The van der Waals surface area contributed by atoms with Gasteiger partial charge in [-0.1, -0.05) is 25.3 Å². The molecule has 0 heterocycles. The van der Waals surface area contributed by atoms with Crippen LogP contribution < -0.4 is 5.32 Å². The van der Waals surface area contributed by atoms with Crippen molar-refractivity contribution in [2.24, 2.45) is 5.41 Å². The van der Waals surface area contributed by atoms with Gasteiger partial charge in [0.2, 0.25) is 5.91 Å². The summed E-state index contributed by atoms with van der Waals surface area (Å²) in [7, 11) is 0. The van der Waals surface area contributed by atoms with Gasteiger partial charge in [-0.2, -0.15) is 5.26 Å². The van der Waals surface area contributed by atoms with Gasteiger partial charge in [0, 0.05) is 4.47 Å². The molecule has 100 valence electrons. The van der Waals surface area contributed by atoms with Crippen molar-refractivity contribution in [2.45, 2.75) is 32.1 Å². The van der Waals surface area contributed by atoms with Gasteiger partial charge in [0.05, 0.1) is 11.8 Å². The van der Waals surface area contributed by atoms with E-state index in [4.69, 9.17) is 0 Å². The van der Waals surface area contributed by atoms with E-state index in [1.54, 1.807) is 12.1 Å². The third kappa shape index (κ3) is 2.79. The lowest BCUT2D eigenvalue weighted by Crippen LogP contribution is -2.37. The average molecular weight is 325 g/mol. The maximum absolute atomic E-state index is 13.7. The van der Waals surface area contributed by atoms with E-state index in [-0.39, 0.29) is 5.69 Å². The molecular weight excluding hydrogens is 311 g/mol. The first-order valence-electron chi connectivity index (χ1n) is 6.26. The lowest BCUT2D eigenvalue weighted by Gasteiger charge is -2.29. The van der Waals surface area contributed by atoms with Gasteiger partial charge in [-0.3, -0.25) is 4.79 Å². The monoisotopic (exact) mass is 324 g/mol. The number of carbonyl (C=O) groups excluding carboxylic acids is 1. The summed E-state index contributed by atoms with van der Waals surface area (Å²) in [5.74, 6) is -0.910. The Bertz CT molecular complexity index is 512. The third-order valence-corrected chi connectivity index (χ3v) is 4.22. The lowest BCUT2D eigenvalue weighted by atomic mass is 9.74. The zero-order valence-electron chi connectivity index (χ0n) is 10.4. The summed E-state index contributed by atoms with van der Waals surface area (Å²) in [6.45, 7) is 0. The van der Waals surface area contributed by atoms with Gasteiger partial charge in [0.1, 0.15) is 11.2 Å². The predicted octanol–water partition coefficient (Wildman–Crippen LogP) is 4.00. The van der Waals surface area contributed by atoms with E-state index >= 15 is 0 Å². The Morgan fingerprint density at radius 1 is 1.37 bits per heavy atom. The molecule has 3 nitrogen and oxygen atoms in total. The van der Waals surface area contributed by atoms with Gasteiger partial charge in [0.25, 0.3) is 0 Å². The van der Waals surface area contributed by atoms with Gasteiger partial charge in [-0.05, 0) is 40.9 Å². The summed E-state index contributed by atoms with van der Waals surface area (Å²) in [5.41, 5.74) is -0.910.